The third kappa shape index (κ3) is 3.12. The summed E-state index contributed by atoms with van der Waals surface area (Å²) in [6, 6.07) is 0. The third-order valence-electron chi connectivity index (χ3n) is 1.19. The van der Waals surface area contributed by atoms with Crippen molar-refractivity contribution in [3.63, 3.8) is 0 Å². The number of carbonyl (C=O) groups excluding carboxylic acids is 1. The first-order valence-electron chi connectivity index (χ1n) is 3.28. The second kappa shape index (κ2) is 3.43. The SMILES string of the molecule is CS(=O)(=O)/N=C1/C=CC(=O)C(Cl)=C1. The van der Waals surface area contributed by atoms with Crippen LogP contribution in [0.4, 0.5) is 0 Å². The van der Waals surface area contributed by atoms with E-state index in [-0.39, 0.29) is 16.5 Å². The number of hydrogen-bond donors (Lipinski definition) is 0. The van der Waals surface area contributed by atoms with E-state index in [0.717, 1.165) is 6.26 Å². The van der Waals surface area contributed by atoms with Crippen LogP contribution in [0, 0.1) is 0 Å². The van der Waals surface area contributed by atoms with Gasteiger partial charge in [-0.25, -0.2) is 8.42 Å². The molecule has 0 unspecified atom stereocenters. The van der Waals surface area contributed by atoms with Crippen molar-refractivity contribution in [1.29, 1.82) is 0 Å². The Kier molecular flexibility index (Phi) is 2.68. The maximum absolute atomic E-state index is 10.8. The quantitative estimate of drug-likeness (QED) is 0.609. The molecule has 0 N–H and O–H groups in total. The van der Waals surface area contributed by atoms with E-state index < -0.39 is 10.0 Å². The van der Waals surface area contributed by atoms with Gasteiger partial charge in [0.2, 0.25) is 0 Å². The second-order valence-electron chi connectivity index (χ2n) is 2.44. The van der Waals surface area contributed by atoms with E-state index in [1.807, 2.05) is 0 Å². The molecule has 1 aliphatic rings. The molecule has 13 heavy (non-hydrogen) atoms. The number of hydrogen-bond acceptors (Lipinski definition) is 3. The van der Waals surface area contributed by atoms with E-state index in [1.165, 1.54) is 18.2 Å². The summed E-state index contributed by atoms with van der Waals surface area (Å²) in [5.41, 5.74) is 0.159. The zero-order valence-electron chi connectivity index (χ0n) is 6.69. The summed E-state index contributed by atoms with van der Waals surface area (Å²) in [5, 5.41) is -0.0371. The molecular formula is C7H6ClNO3S. The van der Waals surface area contributed by atoms with Crippen molar-refractivity contribution in [1.82, 2.24) is 0 Å². The molecule has 0 aromatic carbocycles. The highest BCUT2D eigenvalue weighted by Gasteiger charge is 2.10. The molecule has 0 spiro atoms. The fraction of sp³-hybridized carbons (Fsp3) is 0.143. The van der Waals surface area contributed by atoms with Crippen molar-refractivity contribution >= 4 is 33.1 Å². The molecule has 0 aromatic rings. The van der Waals surface area contributed by atoms with E-state index in [9.17, 15) is 13.2 Å². The minimum Gasteiger partial charge on any atom is -0.288 e. The van der Waals surface area contributed by atoms with Crippen molar-refractivity contribution in [2.24, 2.45) is 4.40 Å². The zero-order chi connectivity index (χ0) is 10.1. The van der Waals surface area contributed by atoms with Gasteiger partial charge in [0.25, 0.3) is 10.0 Å². The number of ketones is 1. The topological polar surface area (TPSA) is 63.6 Å². The molecular weight excluding hydrogens is 214 g/mol. The Hall–Kier alpha value is -0.940. The standard InChI is InChI=1S/C7H6ClNO3S/c1-13(11,12)9-5-2-3-7(10)6(8)4-5/h2-4H,1H3/b9-5-. The van der Waals surface area contributed by atoms with Crippen molar-refractivity contribution in [3.05, 3.63) is 23.3 Å². The average molecular weight is 220 g/mol. The highest BCUT2D eigenvalue weighted by Crippen LogP contribution is 2.10. The predicted octanol–water partition coefficient (Wildman–Crippen LogP) is 0.649. The summed E-state index contributed by atoms with van der Waals surface area (Å²) < 4.78 is 24.8. The number of halogens is 1. The van der Waals surface area contributed by atoms with Crippen LogP contribution >= 0.6 is 11.6 Å². The van der Waals surface area contributed by atoms with Gasteiger partial charge in [0.05, 0.1) is 17.0 Å². The van der Waals surface area contributed by atoms with Crippen LogP contribution in [-0.2, 0) is 14.8 Å². The Morgan fingerprint density at radius 1 is 1.38 bits per heavy atom. The Labute approximate surface area is 80.7 Å². The Morgan fingerprint density at radius 2 is 2.00 bits per heavy atom. The molecule has 70 valence electrons. The van der Waals surface area contributed by atoms with E-state index in [2.05, 4.69) is 4.40 Å². The fourth-order valence-electron chi connectivity index (χ4n) is 0.738. The van der Waals surface area contributed by atoms with Crippen LogP contribution in [0.2, 0.25) is 0 Å². The lowest BCUT2D eigenvalue weighted by Gasteiger charge is -2.00. The van der Waals surface area contributed by atoms with Crippen molar-refractivity contribution < 1.29 is 13.2 Å². The molecule has 0 radical (unpaired) electrons. The van der Waals surface area contributed by atoms with E-state index in [1.54, 1.807) is 0 Å². The van der Waals surface area contributed by atoms with Crippen molar-refractivity contribution in [2.45, 2.75) is 0 Å². The third-order valence-corrected chi connectivity index (χ3v) is 2.02. The molecule has 6 heteroatoms. The van der Waals surface area contributed by atoms with Crippen molar-refractivity contribution in [2.75, 3.05) is 6.26 Å². The Bertz CT molecular complexity index is 431. The van der Waals surface area contributed by atoms with E-state index in [0.29, 0.717) is 0 Å². The van der Waals surface area contributed by atoms with Gasteiger partial charge in [-0.2, -0.15) is 4.40 Å². The molecule has 0 atom stereocenters. The number of nitrogens with zero attached hydrogens (tertiary/aromatic N) is 1. The Morgan fingerprint density at radius 3 is 2.46 bits per heavy atom. The van der Waals surface area contributed by atoms with Gasteiger partial charge in [-0.1, -0.05) is 11.6 Å². The number of sulfonamides is 1. The summed E-state index contributed by atoms with van der Waals surface area (Å²) in [4.78, 5) is 10.8. The van der Waals surface area contributed by atoms with Gasteiger partial charge in [-0.05, 0) is 18.2 Å². The summed E-state index contributed by atoms with van der Waals surface area (Å²) in [6.07, 6.45) is 4.65. The summed E-state index contributed by atoms with van der Waals surface area (Å²) in [5.74, 6) is -0.353. The minimum atomic E-state index is -3.44. The van der Waals surface area contributed by atoms with E-state index in [4.69, 9.17) is 11.6 Å². The highest BCUT2D eigenvalue weighted by atomic mass is 35.5. The average Bonchev–Trinajstić information content (AvgIpc) is 1.94. The predicted molar refractivity (Wildman–Crippen MR) is 50.4 cm³/mol. The first kappa shape index (κ1) is 10.1. The maximum Gasteiger partial charge on any atom is 0.250 e. The summed E-state index contributed by atoms with van der Waals surface area (Å²) in [6.45, 7) is 0. The molecule has 4 nitrogen and oxygen atoms in total. The first-order valence-corrected chi connectivity index (χ1v) is 5.51. The van der Waals surface area contributed by atoms with Crippen LogP contribution in [0.5, 0.6) is 0 Å². The Balaban J connectivity index is 3.07. The van der Waals surface area contributed by atoms with Crippen LogP contribution in [0.15, 0.2) is 27.7 Å². The molecule has 1 aliphatic carbocycles. The molecule has 0 heterocycles. The van der Waals surface area contributed by atoms with Crippen molar-refractivity contribution in [3.8, 4) is 0 Å². The molecule has 0 amide bonds. The number of rotatable bonds is 1. The van der Waals surface area contributed by atoms with E-state index >= 15 is 0 Å². The van der Waals surface area contributed by atoms with Crippen LogP contribution in [-0.4, -0.2) is 26.2 Å². The zero-order valence-corrected chi connectivity index (χ0v) is 8.26. The largest absolute Gasteiger partial charge is 0.288 e. The van der Waals surface area contributed by atoms with Crippen LogP contribution < -0.4 is 0 Å². The summed E-state index contributed by atoms with van der Waals surface area (Å²) in [7, 11) is -3.44. The molecule has 1 rings (SSSR count). The van der Waals surface area contributed by atoms with Crippen LogP contribution in [0.3, 0.4) is 0 Å². The monoisotopic (exact) mass is 219 g/mol. The molecule has 0 saturated carbocycles. The molecule has 0 fully saturated rings. The fourth-order valence-corrected chi connectivity index (χ4v) is 1.41. The normalized spacial score (nSPS) is 20.6. The molecule has 0 saturated heterocycles. The lowest BCUT2D eigenvalue weighted by molar-refractivity contribution is -0.110. The number of allylic oxidation sites excluding steroid dienone is 4. The molecule has 0 bridgehead atoms. The first-order chi connectivity index (χ1) is 5.88. The lowest BCUT2D eigenvalue weighted by atomic mass is 10.2. The highest BCUT2D eigenvalue weighted by molar-refractivity contribution is 7.89. The summed E-state index contributed by atoms with van der Waals surface area (Å²) >= 11 is 5.48. The molecule has 0 aromatic heterocycles. The van der Waals surface area contributed by atoms with Gasteiger partial charge in [-0.3, -0.25) is 4.79 Å². The van der Waals surface area contributed by atoms with Crippen LogP contribution in [0.1, 0.15) is 0 Å². The van der Waals surface area contributed by atoms with Gasteiger partial charge < -0.3 is 0 Å². The number of carbonyl (C=O) groups is 1. The smallest absolute Gasteiger partial charge is 0.250 e. The van der Waals surface area contributed by atoms with Gasteiger partial charge in [-0.15, -0.1) is 0 Å². The minimum absolute atomic E-state index is 0.0371. The van der Waals surface area contributed by atoms with Crippen LogP contribution in [0.25, 0.3) is 0 Å². The van der Waals surface area contributed by atoms with Gasteiger partial charge in [0, 0.05) is 0 Å². The van der Waals surface area contributed by atoms with Gasteiger partial charge in [0.15, 0.2) is 5.78 Å². The van der Waals surface area contributed by atoms with Gasteiger partial charge >= 0.3 is 0 Å². The van der Waals surface area contributed by atoms with Gasteiger partial charge in [0.1, 0.15) is 0 Å². The lowest BCUT2D eigenvalue weighted by Crippen LogP contribution is -2.05. The molecule has 0 aliphatic heterocycles. The maximum atomic E-state index is 10.8. The second-order valence-corrected chi connectivity index (χ2v) is 4.49.